The molecular weight excluding hydrogens is 255 g/mol. The smallest absolute Gasteiger partial charge is 0.142 e. The van der Waals surface area contributed by atoms with Crippen molar-refractivity contribution in [2.45, 2.75) is 6.04 Å². The van der Waals surface area contributed by atoms with E-state index in [0.29, 0.717) is 18.2 Å². The lowest BCUT2D eigenvalue weighted by molar-refractivity contribution is 0.00117. The number of hydrogen-bond donors (Lipinski definition) is 0. The molecule has 3 rings (SSSR count). The molecule has 18 heavy (non-hydrogen) atoms. The molecule has 1 saturated heterocycles. The number of halogens is 2. The van der Waals surface area contributed by atoms with Crippen LogP contribution in [0.5, 0.6) is 0 Å². The first-order valence-electron chi connectivity index (χ1n) is 6.05. The predicted molar refractivity (Wildman–Crippen MR) is 69.0 cm³/mol. The van der Waals surface area contributed by atoms with Crippen LogP contribution in [0.25, 0.3) is 0 Å². The summed E-state index contributed by atoms with van der Waals surface area (Å²) < 4.78 is 18.9. The third kappa shape index (κ3) is 2.16. The zero-order valence-corrected chi connectivity index (χ0v) is 10.7. The number of hydrogen-bond acceptors (Lipinski definition) is 3. The van der Waals surface area contributed by atoms with E-state index in [-0.39, 0.29) is 10.8 Å². The van der Waals surface area contributed by atoms with Crippen LogP contribution in [0.15, 0.2) is 23.2 Å². The maximum absolute atomic E-state index is 13.4. The highest BCUT2D eigenvalue weighted by molar-refractivity contribution is 6.34. The summed E-state index contributed by atoms with van der Waals surface area (Å²) in [6.07, 6.45) is 0. The summed E-state index contributed by atoms with van der Waals surface area (Å²) in [5.74, 6) is -0.388. The van der Waals surface area contributed by atoms with Gasteiger partial charge < -0.3 is 4.74 Å². The summed E-state index contributed by atoms with van der Waals surface area (Å²) in [4.78, 5) is 6.86. The lowest BCUT2D eigenvalue weighted by atomic mass is 10.1. The second-order valence-electron chi connectivity index (χ2n) is 4.59. The molecule has 0 N–H and O–H groups in total. The van der Waals surface area contributed by atoms with Gasteiger partial charge in [-0.15, -0.1) is 0 Å². The molecule has 0 aliphatic carbocycles. The summed E-state index contributed by atoms with van der Waals surface area (Å²) in [7, 11) is 0. The van der Waals surface area contributed by atoms with Crippen molar-refractivity contribution in [2.75, 3.05) is 32.8 Å². The van der Waals surface area contributed by atoms with Crippen LogP contribution in [-0.4, -0.2) is 49.5 Å². The monoisotopic (exact) mass is 268 g/mol. The van der Waals surface area contributed by atoms with Crippen molar-refractivity contribution in [1.82, 2.24) is 4.90 Å². The molecule has 0 amide bonds. The zero-order valence-electron chi connectivity index (χ0n) is 9.90. The Hall–Kier alpha value is -0.970. The van der Waals surface area contributed by atoms with E-state index in [1.54, 1.807) is 6.07 Å². The zero-order chi connectivity index (χ0) is 12.5. The van der Waals surface area contributed by atoms with Crippen LogP contribution in [0, 0.1) is 5.82 Å². The molecule has 1 aromatic rings. The Morgan fingerprint density at radius 3 is 3.22 bits per heavy atom. The highest BCUT2D eigenvalue weighted by Gasteiger charge is 2.28. The Labute approximate surface area is 110 Å². The van der Waals surface area contributed by atoms with Crippen LogP contribution >= 0.6 is 11.6 Å². The minimum absolute atomic E-state index is 0.169. The van der Waals surface area contributed by atoms with Gasteiger partial charge in [0.1, 0.15) is 5.82 Å². The van der Waals surface area contributed by atoms with Gasteiger partial charge in [0.05, 0.1) is 36.5 Å². The first kappa shape index (κ1) is 12.1. The molecule has 1 fully saturated rings. The molecular formula is C13H14ClFN2O. The highest BCUT2D eigenvalue weighted by atomic mass is 35.5. The van der Waals surface area contributed by atoms with Crippen molar-refractivity contribution in [1.29, 1.82) is 0 Å². The fourth-order valence-corrected chi connectivity index (χ4v) is 2.66. The number of benzene rings is 1. The van der Waals surface area contributed by atoms with Crippen molar-refractivity contribution < 1.29 is 9.13 Å². The topological polar surface area (TPSA) is 24.8 Å². The molecule has 1 aromatic carbocycles. The number of ether oxygens (including phenoxy) is 1. The fraction of sp³-hybridized carbons (Fsp3) is 0.462. The number of nitrogens with zero attached hydrogens (tertiary/aromatic N) is 2. The minimum Gasteiger partial charge on any atom is -0.378 e. The molecule has 0 spiro atoms. The molecule has 3 nitrogen and oxygen atoms in total. The van der Waals surface area contributed by atoms with Crippen molar-refractivity contribution in [2.24, 2.45) is 4.99 Å². The lowest BCUT2D eigenvalue weighted by Gasteiger charge is -2.38. The number of rotatable bonds is 1. The lowest BCUT2D eigenvalue weighted by Crippen LogP contribution is -2.51. The Kier molecular flexibility index (Phi) is 3.33. The molecule has 2 aliphatic rings. The van der Waals surface area contributed by atoms with Crippen LogP contribution in [0.3, 0.4) is 0 Å². The third-order valence-electron chi connectivity index (χ3n) is 3.46. The van der Waals surface area contributed by atoms with E-state index in [9.17, 15) is 4.39 Å². The van der Waals surface area contributed by atoms with Gasteiger partial charge in [0.15, 0.2) is 0 Å². The highest BCUT2D eigenvalue weighted by Crippen LogP contribution is 2.23. The Morgan fingerprint density at radius 2 is 2.33 bits per heavy atom. The molecule has 96 valence electrons. The second-order valence-corrected chi connectivity index (χ2v) is 4.97. The van der Waals surface area contributed by atoms with E-state index in [4.69, 9.17) is 16.3 Å². The SMILES string of the molecule is Fc1cccc(C2=NCC3COCCN3C2)c1Cl. The van der Waals surface area contributed by atoms with Crippen LogP contribution in [-0.2, 0) is 4.74 Å². The van der Waals surface area contributed by atoms with E-state index in [1.165, 1.54) is 6.07 Å². The number of aliphatic imine (C=N–C) groups is 1. The number of fused-ring (bicyclic) bond motifs is 1. The van der Waals surface area contributed by atoms with Crippen LogP contribution in [0.4, 0.5) is 4.39 Å². The van der Waals surface area contributed by atoms with Crippen LogP contribution in [0.1, 0.15) is 5.56 Å². The summed E-state index contributed by atoms with van der Waals surface area (Å²) in [5.41, 5.74) is 1.58. The quantitative estimate of drug-likeness (QED) is 0.778. The fourth-order valence-electron chi connectivity index (χ4n) is 2.42. The normalized spacial score (nSPS) is 24.6. The average molecular weight is 269 g/mol. The Bertz CT molecular complexity index is 492. The summed E-state index contributed by atoms with van der Waals surface area (Å²) in [6, 6.07) is 5.22. The van der Waals surface area contributed by atoms with E-state index < -0.39 is 0 Å². The Balaban J connectivity index is 1.89. The summed E-state index contributed by atoms with van der Waals surface area (Å²) >= 11 is 6.00. The molecule has 5 heteroatoms. The van der Waals surface area contributed by atoms with Gasteiger partial charge in [-0.3, -0.25) is 9.89 Å². The molecule has 0 radical (unpaired) electrons. The van der Waals surface area contributed by atoms with Crippen molar-refractivity contribution >= 4 is 17.3 Å². The van der Waals surface area contributed by atoms with Crippen molar-refractivity contribution in [3.05, 3.63) is 34.6 Å². The van der Waals surface area contributed by atoms with E-state index >= 15 is 0 Å². The molecule has 0 saturated carbocycles. The molecule has 1 unspecified atom stereocenters. The van der Waals surface area contributed by atoms with E-state index in [1.807, 2.05) is 6.07 Å². The molecule has 2 aliphatic heterocycles. The van der Waals surface area contributed by atoms with E-state index in [0.717, 1.165) is 32.0 Å². The molecule has 2 heterocycles. The van der Waals surface area contributed by atoms with Gasteiger partial charge in [0, 0.05) is 18.7 Å². The first-order chi connectivity index (χ1) is 8.75. The van der Waals surface area contributed by atoms with Gasteiger partial charge in [0.2, 0.25) is 0 Å². The number of morpholine rings is 1. The van der Waals surface area contributed by atoms with Gasteiger partial charge in [0.25, 0.3) is 0 Å². The van der Waals surface area contributed by atoms with Crippen molar-refractivity contribution in [3.8, 4) is 0 Å². The van der Waals surface area contributed by atoms with Crippen LogP contribution in [0.2, 0.25) is 5.02 Å². The third-order valence-corrected chi connectivity index (χ3v) is 3.84. The Morgan fingerprint density at radius 1 is 1.44 bits per heavy atom. The standard InChI is InChI=1S/C13H14ClFN2O/c14-13-10(2-1-3-11(13)15)12-7-17-4-5-18-8-9(17)6-16-12/h1-3,9H,4-8H2. The van der Waals surface area contributed by atoms with Crippen molar-refractivity contribution in [3.63, 3.8) is 0 Å². The van der Waals surface area contributed by atoms with Gasteiger partial charge in [-0.2, -0.15) is 0 Å². The molecule has 0 aromatic heterocycles. The first-order valence-corrected chi connectivity index (χ1v) is 6.43. The molecule has 0 bridgehead atoms. The maximum Gasteiger partial charge on any atom is 0.142 e. The minimum atomic E-state index is -0.388. The van der Waals surface area contributed by atoms with Crippen LogP contribution < -0.4 is 0 Å². The maximum atomic E-state index is 13.4. The van der Waals surface area contributed by atoms with Gasteiger partial charge in [-0.25, -0.2) is 4.39 Å². The summed E-state index contributed by atoms with van der Waals surface area (Å²) in [6.45, 7) is 3.80. The summed E-state index contributed by atoms with van der Waals surface area (Å²) in [5, 5.41) is 0.169. The average Bonchev–Trinajstić information content (AvgIpc) is 2.41. The predicted octanol–water partition coefficient (Wildman–Crippen LogP) is 1.98. The second kappa shape index (κ2) is 4.96. The van der Waals surface area contributed by atoms with Gasteiger partial charge >= 0.3 is 0 Å². The largest absolute Gasteiger partial charge is 0.378 e. The van der Waals surface area contributed by atoms with Gasteiger partial charge in [-0.05, 0) is 6.07 Å². The van der Waals surface area contributed by atoms with Gasteiger partial charge in [-0.1, -0.05) is 23.7 Å². The van der Waals surface area contributed by atoms with E-state index in [2.05, 4.69) is 9.89 Å². The molecule has 1 atom stereocenters.